The van der Waals surface area contributed by atoms with Gasteiger partial charge < -0.3 is 10.6 Å². The van der Waals surface area contributed by atoms with E-state index in [1.54, 1.807) is 0 Å². The Hall–Kier alpha value is -1.22. The van der Waals surface area contributed by atoms with Gasteiger partial charge in [0, 0.05) is 25.2 Å². The first-order valence-electron chi connectivity index (χ1n) is 7.67. The Morgan fingerprint density at radius 1 is 1.24 bits per heavy atom. The molecular formula is C17H27ClN2O. The monoisotopic (exact) mass is 310 g/mol. The third-order valence-electron chi connectivity index (χ3n) is 4.59. The molecule has 1 amide bonds. The molecule has 0 aliphatic heterocycles. The van der Waals surface area contributed by atoms with Crippen LogP contribution in [0, 0.1) is 5.92 Å². The second-order valence-corrected chi connectivity index (χ2v) is 6.12. The first-order valence-corrected chi connectivity index (χ1v) is 7.67. The lowest BCUT2D eigenvalue weighted by molar-refractivity contribution is -0.132. The van der Waals surface area contributed by atoms with Crippen molar-refractivity contribution in [2.45, 2.75) is 51.5 Å². The molecule has 2 rings (SSSR count). The van der Waals surface area contributed by atoms with E-state index < -0.39 is 0 Å². The largest absolute Gasteiger partial charge is 0.399 e. The molecule has 1 aliphatic carbocycles. The van der Waals surface area contributed by atoms with Gasteiger partial charge in [0.2, 0.25) is 5.91 Å². The molecule has 0 radical (unpaired) electrons. The number of nitrogens with zero attached hydrogens (tertiary/aromatic N) is 1. The molecular weight excluding hydrogens is 284 g/mol. The minimum Gasteiger partial charge on any atom is -0.399 e. The molecule has 118 valence electrons. The number of nitrogen functional groups attached to an aromatic ring is 1. The molecule has 2 N–H and O–H groups in total. The van der Waals surface area contributed by atoms with Crippen molar-refractivity contribution in [2.75, 3.05) is 12.8 Å². The van der Waals surface area contributed by atoms with Crippen LogP contribution in [-0.2, 0) is 11.2 Å². The van der Waals surface area contributed by atoms with E-state index in [0.29, 0.717) is 12.5 Å². The highest BCUT2D eigenvalue weighted by Gasteiger charge is 2.24. The van der Waals surface area contributed by atoms with E-state index in [4.69, 9.17) is 5.73 Å². The second-order valence-electron chi connectivity index (χ2n) is 6.12. The van der Waals surface area contributed by atoms with Crippen molar-refractivity contribution in [2.24, 2.45) is 5.92 Å². The molecule has 1 aromatic rings. The van der Waals surface area contributed by atoms with Gasteiger partial charge in [0.05, 0.1) is 0 Å². The molecule has 0 saturated heterocycles. The molecule has 0 aromatic heterocycles. The highest BCUT2D eigenvalue weighted by Crippen LogP contribution is 2.27. The summed E-state index contributed by atoms with van der Waals surface area (Å²) in [4.78, 5) is 14.3. The van der Waals surface area contributed by atoms with Crippen molar-refractivity contribution in [3.05, 3.63) is 29.8 Å². The normalized spacial score (nSPS) is 21.4. The first-order chi connectivity index (χ1) is 9.58. The summed E-state index contributed by atoms with van der Waals surface area (Å²) in [5, 5.41) is 0. The zero-order valence-corrected chi connectivity index (χ0v) is 13.9. The predicted molar refractivity (Wildman–Crippen MR) is 90.6 cm³/mol. The van der Waals surface area contributed by atoms with Crippen LogP contribution in [0.15, 0.2) is 24.3 Å². The van der Waals surface area contributed by atoms with E-state index in [1.807, 2.05) is 36.2 Å². The van der Waals surface area contributed by atoms with E-state index >= 15 is 0 Å². The van der Waals surface area contributed by atoms with E-state index in [-0.39, 0.29) is 18.3 Å². The SMILES string of the molecule is CC1CCC(N(C)C(=O)CCc2ccccc2N)CC1.Cl. The lowest BCUT2D eigenvalue weighted by Gasteiger charge is -2.33. The summed E-state index contributed by atoms with van der Waals surface area (Å²) in [5.41, 5.74) is 7.78. The number of amides is 1. The third-order valence-corrected chi connectivity index (χ3v) is 4.59. The number of rotatable bonds is 4. The Kier molecular flexibility index (Phi) is 7.03. The molecule has 0 heterocycles. The molecule has 0 bridgehead atoms. The summed E-state index contributed by atoms with van der Waals surface area (Å²) in [6.07, 6.45) is 6.07. The Morgan fingerprint density at radius 2 is 1.86 bits per heavy atom. The highest BCUT2D eigenvalue weighted by atomic mass is 35.5. The number of hydrogen-bond acceptors (Lipinski definition) is 2. The molecule has 0 unspecified atom stereocenters. The molecule has 4 heteroatoms. The molecule has 1 aromatic carbocycles. The molecule has 3 nitrogen and oxygen atoms in total. The van der Waals surface area contributed by atoms with Gasteiger partial charge in [-0.25, -0.2) is 0 Å². The van der Waals surface area contributed by atoms with Gasteiger partial charge >= 0.3 is 0 Å². The zero-order chi connectivity index (χ0) is 14.5. The average molecular weight is 311 g/mol. The lowest BCUT2D eigenvalue weighted by Crippen LogP contribution is -2.39. The zero-order valence-electron chi connectivity index (χ0n) is 13.0. The van der Waals surface area contributed by atoms with Gasteiger partial charge in [-0.15, -0.1) is 12.4 Å². The van der Waals surface area contributed by atoms with E-state index in [2.05, 4.69) is 6.92 Å². The van der Waals surface area contributed by atoms with Crippen LogP contribution in [0.2, 0.25) is 0 Å². The van der Waals surface area contributed by atoms with Crippen LogP contribution in [-0.4, -0.2) is 23.9 Å². The third kappa shape index (κ3) is 4.92. The van der Waals surface area contributed by atoms with Gasteiger partial charge in [0.15, 0.2) is 0 Å². The number of aryl methyl sites for hydroxylation is 1. The number of benzene rings is 1. The van der Waals surface area contributed by atoms with Crippen molar-refractivity contribution in [1.82, 2.24) is 4.90 Å². The smallest absolute Gasteiger partial charge is 0.222 e. The molecule has 0 atom stereocenters. The molecule has 21 heavy (non-hydrogen) atoms. The van der Waals surface area contributed by atoms with Crippen LogP contribution in [0.5, 0.6) is 0 Å². The predicted octanol–water partition coefficient (Wildman–Crippen LogP) is 3.66. The van der Waals surface area contributed by atoms with Crippen LogP contribution in [0.25, 0.3) is 0 Å². The van der Waals surface area contributed by atoms with Gasteiger partial charge in [0.1, 0.15) is 0 Å². The van der Waals surface area contributed by atoms with Gasteiger partial charge in [0.25, 0.3) is 0 Å². The fourth-order valence-electron chi connectivity index (χ4n) is 3.01. The van der Waals surface area contributed by atoms with Crippen molar-refractivity contribution in [1.29, 1.82) is 0 Å². The minimum absolute atomic E-state index is 0. The maximum atomic E-state index is 12.3. The van der Waals surface area contributed by atoms with E-state index in [9.17, 15) is 4.79 Å². The summed E-state index contributed by atoms with van der Waals surface area (Å²) in [6, 6.07) is 8.24. The topological polar surface area (TPSA) is 46.3 Å². The Morgan fingerprint density at radius 3 is 2.48 bits per heavy atom. The van der Waals surface area contributed by atoms with E-state index in [0.717, 1.165) is 36.4 Å². The van der Waals surface area contributed by atoms with Crippen molar-refractivity contribution in [3.63, 3.8) is 0 Å². The maximum absolute atomic E-state index is 12.3. The highest BCUT2D eigenvalue weighted by molar-refractivity contribution is 5.85. The molecule has 1 fully saturated rings. The second kappa shape index (κ2) is 8.28. The number of para-hydroxylation sites is 1. The maximum Gasteiger partial charge on any atom is 0.222 e. The summed E-state index contributed by atoms with van der Waals surface area (Å²) in [7, 11) is 1.96. The Bertz CT molecular complexity index is 456. The van der Waals surface area contributed by atoms with Crippen LogP contribution < -0.4 is 5.73 Å². The van der Waals surface area contributed by atoms with Gasteiger partial charge in [-0.3, -0.25) is 4.79 Å². The number of carbonyl (C=O) groups is 1. The van der Waals surface area contributed by atoms with Gasteiger partial charge in [-0.1, -0.05) is 25.1 Å². The number of hydrogen-bond donors (Lipinski definition) is 1. The Labute approximate surface area is 134 Å². The van der Waals surface area contributed by atoms with E-state index in [1.165, 1.54) is 12.8 Å². The van der Waals surface area contributed by atoms with Gasteiger partial charge in [-0.05, 0) is 49.7 Å². The fraction of sp³-hybridized carbons (Fsp3) is 0.588. The van der Waals surface area contributed by atoms with Crippen LogP contribution in [0.3, 0.4) is 0 Å². The number of nitrogens with two attached hydrogens (primary N) is 1. The van der Waals surface area contributed by atoms with Crippen molar-refractivity contribution < 1.29 is 4.79 Å². The number of carbonyl (C=O) groups excluding carboxylic acids is 1. The van der Waals surface area contributed by atoms with Crippen molar-refractivity contribution in [3.8, 4) is 0 Å². The van der Waals surface area contributed by atoms with Gasteiger partial charge in [-0.2, -0.15) is 0 Å². The Balaban J connectivity index is 0.00000220. The first kappa shape index (κ1) is 17.8. The summed E-state index contributed by atoms with van der Waals surface area (Å²) in [6.45, 7) is 2.30. The van der Waals surface area contributed by atoms with Crippen molar-refractivity contribution >= 4 is 24.0 Å². The molecule has 1 saturated carbocycles. The fourth-order valence-corrected chi connectivity index (χ4v) is 3.01. The number of anilines is 1. The van der Waals surface area contributed by atoms with Crippen LogP contribution in [0.1, 0.15) is 44.6 Å². The summed E-state index contributed by atoms with van der Waals surface area (Å²) in [5.74, 6) is 1.06. The van der Waals surface area contributed by atoms with Crippen LogP contribution in [0.4, 0.5) is 5.69 Å². The standard InChI is InChI=1S/C17H26N2O.ClH/c1-13-7-10-15(11-8-13)19(2)17(20)12-9-14-5-3-4-6-16(14)18;/h3-6,13,15H,7-12,18H2,1-2H3;1H. The lowest BCUT2D eigenvalue weighted by atomic mass is 9.86. The quantitative estimate of drug-likeness (QED) is 0.863. The summed E-state index contributed by atoms with van der Waals surface area (Å²) >= 11 is 0. The molecule has 0 spiro atoms. The van der Waals surface area contributed by atoms with Crippen LogP contribution >= 0.6 is 12.4 Å². The average Bonchev–Trinajstić information content (AvgIpc) is 2.46. The molecule has 1 aliphatic rings. The minimum atomic E-state index is 0. The summed E-state index contributed by atoms with van der Waals surface area (Å²) < 4.78 is 0. The number of halogens is 1.